The van der Waals surface area contributed by atoms with E-state index >= 15 is 0 Å². The highest BCUT2D eigenvalue weighted by molar-refractivity contribution is 7.99. The molecule has 3 nitrogen and oxygen atoms in total. The molecule has 0 aromatic heterocycles. The molecule has 2 aliphatic heterocycles. The van der Waals surface area contributed by atoms with Crippen molar-refractivity contribution >= 4 is 11.8 Å². The molecular formula is C14H25NO2S. The number of ether oxygens (including phenoxy) is 2. The average Bonchev–Trinajstić information content (AvgIpc) is 2.87. The Kier molecular flexibility index (Phi) is 4.18. The molecule has 104 valence electrons. The van der Waals surface area contributed by atoms with Crippen molar-refractivity contribution in [3.8, 4) is 0 Å². The molecular weight excluding hydrogens is 246 g/mol. The fraction of sp³-hybridized carbons (Fsp3) is 1.00. The lowest BCUT2D eigenvalue weighted by atomic mass is 9.79. The van der Waals surface area contributed by atoms with Crippen LogP contribution in [0.3, 0.4) is 0 Å². The van der Waals surface area contributed by atoms with Gasteiger partial charge in [-0.2, -0.15) is 11.8 Å². The van der Waals surface area contributed by atoms with E-state index in [-0.39, 0.29) is 17.7 Å². The van der Waals surface area contributed by atoms with Gasteiger partial charge in [0.2, 0.25) is 0 Å². The Bertz CT molecular complexity index is 275. The quantitative estimate of drug-likeness (QED) is 0.836. The van der Waals surface area contributed by atoms with E-state index < -0.39 is 0 Å². The van der Waals surface area contributed by atoms with Crippen molar-refractivity contribution in [1.29, 1.82) is 0 Å². The Morgan fingerprint density at radius 1 is 1.22 bits per heavy atom. The highest BCUT2D eigenvalue weighted by atomic mass is 32.2. The maximum absolute atomic E-state index is 6.48. The van der Waals surface area contributed by atoms with Crippen molar-refractivity contribution in [2.24, 2.45) is 11.7 Å². The minimum absolute atomic E-state index is 0.183. The van der Waals surface area contributed by atoms with Gasteiger partial charge in [0.25, 0.3) is 0 Å². The van der Waals surface area contributed by atoms with E-state index in [1.807, 2.05) is 11.8 Å². The van der Waals surface area contributed by atoms with Crippen LogP contribution >= 0.6 is 11.8 Å². The maximum atomic E-state index is 6.48. The van der Waals surface area contributed by atoms with E-state index in [9.17, 15) is 0 Å². The molecule has 1 aliphatic carbocycles. The normalized spacial score (nSPS) is 37.8. The van der Waals surface area contributed by atoms with Crippen LogP contribution in [0.5, 0.6) is 0 Å². The van der Waals surface area contributed by atoms with E-state index in [1.165, 1.54) is 32.1 Å². The summed E-state index contributed by atoms with van der Waals surface area (Å²) in [5.41, 5.74) is 6.66. The molecule has 3 rings (SSSR count). The summed E-state index contributed by atoms with van der Waals surface area (Å²) in [5.74, 6) is 2.80. The van der Waals surface area contributed by atoms with Crippen molar-refractivity contribution in [2.45, 2.75) is 56.3 Å². The summed E-state index contributed by atoms with van der Waals surface area (Å²) in [6.07, 6.45) is 7.71. The minimum atomic E-state index is 0.183. The Balaban J connectivity index is 1.60. The van der Waals surface area contributed by atoms with Gasteiger partial charge in [-0.05, 0) is 31.6 Å². The summed E-state index contributed by atoms with van der Waals surface area (Å²) in [6.45, 7) is 1.77. The maximum Gasteiger partial charge on any atom is 0.0819 e. The van der Waals surface area contributed by atoms with Gasteiger partial charge in [0.15, 0.2) is 0 Å². The van der Waals surface area contributed by atoms with Gasteiger partial charge >= 0.3 is 0 Å². The van der Waals surface area contributed by atoms with Crippen LogP contribution in [-0.4, -0.2) is 42.5 Å². The van der Waals surface area contributed by atoms with Gasteiger partial charge in [-0.3, -0.25) is 0 Å². The summed E-state index contributed by atoms with van der Waals surface area (Å²) in [7, 11) is 0. The van der Waals surface area contributed by atoms with Crippen LogP contribution in [0.25, 0.3) is 0 Å². The van der Waals surface area contributed by atoms with Crippen molar-refractivity contribution in [3.63, 3.8) is 0 Å². The predicted molar refractivity (Wildman–Crippen MR) is 74.9 cm³/mol. The molecule has 0 radical (unpaired) electrons. The van der Waals surface area contributed by atoms with Crippen molar-refractivity contribution in [1.82, 2.24) is 0 Å². The SMILES string of the molecule is NC(C1CCOC2(CCCC2)C1)C1CSCCO1. The van der Waals surface area contributed by atoms with Crippen molar-refractivity contribution in [2.75, 3.05) is 24.7 Å². The smallest absolute Gasteiger partial charge is 0.0819 e. The van der Waals surface area contributed by atoms with E-state index in [0.29, 0.717) is 5.92 Å². The first-order valence-corrected chi connectivity index (χ1v) is 8.53. The largest absolute Gasteiger partial charge is 0.375 e. The van der Waals surface area contributed by atoms with Crippen LogP contribution in [0.1, 0.15) is 38.5 Å². The van der Waals surface area contributed by atoms with Crippen LogP contribution < -0.4 is 5.73 Å². The molecule has 3 fully saturated rings. The molecule has 3 aliphatic rings. The van der Waals surface area contributed by atoms with Gasteiger partial charge in [-0.25, -0.2) is 0 Å². The summed E-state index contributed by atoms with van der Waals surface area (Å²) >= 11 is 1.98. The number of hydrogen-bond acceptors (Lipinski definition) is 4. The molecule has 0 bridgehead atoms. The monoisotopic (exact) mass is 271 g/mol. The van der Waals surface area contributed by atoms with Gasteiger partial charge in [0, 0.05) is 24.2 Å². The molecule has 3 unspecified atom stereocenters. The average molecular weight is 271 g/mol. The Morgan fingerprint density at radius 3 is 2.78 bits per heavy atom. The lowest BCUT2D eigenvalue weighted by molar-refractivity contribution is -0.104. The van der Waals surface area contributed by atoms with E-state index in [1.54, 1.807) is 0 Å². The van der Waals surface area contributed by atoms with Gasteiger partial charge < -0.3 is 15.2 Å². The van der Waals surface area contributed by atoms with Crippen LogP contribution in [0.4, 0.5) is 0 Å². The van der Waals surface area contributed by atoms with Crippen molar-refractivity contribution in [3.05, 3.63) is 0 Å². The lowest BCUT2D eigenvalue weighted by Gasteiger charge is -2.42. The molecule has 1 saturated carbocycles. The third kappa shape index (κ3) is 2.72. The number of hydrogen-bond donors (Lipinski definition) is 1. The molecule has 2 N–H and O–H groups in total. The van der Waals surface area contributed by atoms with Crippen LogP contribution in [0.15, 0.2) is 0 Å². The van der Waals surface area contributed by atoms with Gasteiger partial charge in [0.05, 0.1) is 18.3 Å². The van der Waals surface area contributed by atoms with Gasteiger partial charge in [-0.15, -0.1) is 0 Å². The summed E-state index contributed by atoms with van der Waals surface area (Å²) in [6, 6.07) is 0.208. The summed E-state index contributed by atoms with van der Waals surface area (Å²) in [5, 5.41) is 0. The Morgan fingerprint density at radius 2 is 2.06 bits per heavy atom. The molecule has 2 saturated heterocycles. The fourth-order valence-corrected chi connectivity index (χ4v) is 4.73. The second-order valence-electron chi connectivity index (χ2n) is 6.05. The molecule has 1 spiro atoms. The van der Waals surface area contributed by atoms with Crippen LogP contribution in [0, 0.1) is 5.92 Å². The molecule has 4 heteroatoms. The molecule has 18 heavy (non-hydrogen) atoms. The zero-order chi connectivity index (χ0) is 12.4. The molecule has 0 aromatic rings. The molecule has 2 heterocycles. The zero-order valence-corrected chi connectivity index (χ0v) is 11.9. The van der Waals surface area contributed by atoms with Crippen molar-refractivity contribution < 1.29 is 9.47 Å². The predicted octanol–water partition coefficient (Wildman–Crippen LogP) is 2.19. The first-order valence-electron chi connectivity index (χ1n) is 7.38. The van der Waals surface area contributed by atoms with E-state index in [4.69, 9.17) is 15.2 Å². The number of nitrogens with two attached hydrogens (primary N) is 1. The third-order valence-corrected chi connectivity index (χ3v) is 5.88. The zero-order valence-electron chi connectivity index (χ0n) is 11.1. The van der Waals surface area contributed by atoms with Crippen LogP contribution in [0.2, 0.25) is 0 Å². The number of rotatable bonds is 2. The Labute approximate surface area is 114 Å². The third-order valence-electron chi connectivity index (χ3n) is 4.86. The fourth-order valence-electron chi connectivity index (χ4n) is 3.79. The van der Waals surface area contributed by atoms with Gasteiger partial charge in [0.1, 0.15) is 0 Å². The minimum Gasteiger partial charge on any atom is -0.375 e. The standard InChI is InChI=1S/C14H25NO2S/c15-13(12-10-18-8-7-16-12)11-3-6-17-14(9-11)4-1-2-5-14/h11-13H,1-10,15H2. The number of thioether (sulfide) groups is 1. The molecule has 0 amide bonds. The molecule has 0 aromatic carbocycles. The van der Waals surface area contributed by atoms with E-state index in [2.05, 4.69) is 0 Å². The highest BCUT2D eigenvalue weighted by Crippen LogP contribution is 2.43. The molecule has 3 atom stereocenters. The second kappa shape index (κ2) is 5.70. The summed E-state index contributed by atoms with van der Waals surface area (Å²) in [4.78, 5) is 0. The summed E-state index contributed by atoms with van der Waals surface area (Å²) < 4.78 is 11.9. The highest BCUT2D eigenvalue weighted by Gasteiger charge is 2.42. The van der Waals surface area contributed by atoms with E-state index in [0.717, 1.165) is 31.1 Å². The topological polar surface area (TPSA) is 44.5 Å². The van der Waals surface area contributed by atoms with Crippen LogP contribution in [-0.2, 0) is 9.47 Å². The first kappa shape index (κ1) is 13.2. The Hall–Kier alpha value is 0.230. The van der Waals surface area contributed by atoms with Gasteiger partial charge in [-0.1, -0.05) is 12.8 Å². The lowest BCUT2D eigenvalue weighted by Crippen LogP contribution is -2.51. The first-order chi connectivity index (χ1) is 8.79. The second-order valence-corrected chi connectivity index (χ2v) is 7.20.